The second-order valence-corrected chi connectivity index (χ2v) is 3.12. The Kier molecular flexibility index (Phi) is 4.81. The number of Topliss-reactive ketones (excluding diaryl/α,β-unsaturated/α-hetero) is 1. The third kappa shape index (κ3) is 4.43. The number of hydrogen-bond acceptors (Lipinski definition) is 3. The molecule has 0 saturated heterocycles. The van der Waals surface area contributed by atoms with E-state index in [0.29, 0.717) is 0 Å². The van der Waals surface area contributed by atoms with Crippen LogP contribution in [0, 0.1) is 11.8 Å². The molecule has 16 heavy (non-hydrogen) atoms. The summed E-state index contributed by atoms with van der Waals surface area (Å²) in [5.74, 6) is 4.57. The predicted molar refractivity (Wildman–Crippen MR) is 59.6 cm³/mol. The minimum Gasteiger partial charge on any atom is -0.469 e. The standard InChI is InChI=1S/C13H12O3/c1-16-13(15)10-9-12(14)8-7-11-5-3-2-4-6-11/h2-6H,9-10H2,1H3. The van der Waals surface area contributed by atoms with Gasteiger partial charge >= 0.3 is 5.97 Å². The van der Waals surface area contributed by atoms with E-state index in [1.807, 2.05) is 30.3 Å². The van der Waals surface area contributed by atoms with Crippen molar-refractivity contribution in [3.63, 3.8) is 0 Å². The van der Waals surface area contributed by atoms with Gasteiger partial charge in [0.25, 0.3) is 0 Å². The van der Waals surface area contributed by atoms with Crippen molar-refractivity contribution in [2.45, 2.75) is 12.8 Å². The molecular formula is C13H12O3. The maximum absolute atomic E-state index is 11.3. The Morgan fingerprint density at radius 1 is 1.19 bits per heavy atom. The van der Waals surface area contributed by atoms with E-state index >= 15 is 0 Å². The van der Waals surface area contributed by atoms with E-state index in [4.69, 9.17) is 0 Å². The molecule has 3 heteroatoms. The van der Waals surface area contributed by atoms with Crippen LogP contribution in [0.3, 0.4) is 0 Å². The molecular weight excluding hydrogens is 204 g/mol. The lowest BCUT2D eigenvalue weighted by atomic mass is 10.2. The molecule has 0 unspecified atom stereocenters. The molecule has 0 amide bonds. The van der Waals surface area contributed by atoms with Gasteiger partial charge < -0.3 is 4.74 Å². The molecule has 0 bridgehead atoms. The average molecular weight is 216 g/mol. The number of carbonyl (C=O) groups is 2. The van der Waals surface area contributed by atoms with Gasteiger partial charge in [0.2, 0.25) is 5.78 Å². The van der Waals surface area contributed by atoms with Gasteiger partial charge in [-0.25, -0.2) is 0 Å². The summed E-state index contributed by atoms with van der Waals surface area (Å²) in [6.07, 6.45) is 0.186. The van der Waals surface area contributed by atoms with Gasteiger partial charge in [0.15, 0.2) is 0 Å². The summed E-state index contributed by atoms with van der Waals surface area (Å²) >= 11 is 0. The molecule has 0 aromatic heterocycles. The van der Waals surface area contributed by atoms with Crippen LogP contribution in [-0.4, -0.2) is 18.9 Å². The Labute approximate surface area is 94.4 Å². The zero-order valence-corrected chi connectivity index (χ0v) is 9.03. The van der Waals surface area contributed by atoms with Crippen LogP contribution in [0.15, 0.2) is 30.3 Å². The summed E-state index contributed by atoms with van der Waals surface area (Å²) in [4.78, 5) is 22.0. The van der Waals surface area contributed by atoms with E-state index in [9.17, 15) is 9.59 Å². The summed E-state index contributed by atoms with van der Waals surface area (Å²) in [6.45, 7) is 0. The SMILES string of the molecule is COC(=O)CCC(=O)C#Cc1ccccc1. The van der Waals surface area contributed by atoms with E-state index in [0.717, 1.165) is 5.56 Å². The highest BCUT2D eigenvalue weighted by Gasteiger charge is 2.03. The lowest BCUT2D eigenvalue weighted by Gasteiger charge is -1.94. The first-order valence-corrected chi connectivity index (χ1v) is 4.89. The zero-order chi connectivity index (χ0) is 11.8. The number of hydrogen-bond donors (Lipinski definition) is 0. The van der Waals surface area contributed by atoms with Gasteiger partial charge in [-0.1, -0.05) is 24.1 Å². The first kappa shape index (κ1) is 12.0. The Morgan fingerprint density at radius 2 is 1.88 bits per heavy atom. The molecule has 0 fully saturated rings. The molecule has 0 aliphatic carbocycles. The Balaban J connectivity index is 2.46. The summed E-state index contributed by atoms with van der Waals surface area (Å²) in [7, 11) is 1.29. The number of carbonyl (C=O) groups excluding carboxylic acids is 2. The smallest absolute Gasteiger partial charge is 0.305 e. The second-order valence-electron chi connectivity index (χ2n) is 3.12. The molecule has 1 aromatic carbocycles. The van der Waals surface area contributed by atoms with Crippen LogP contribution in [0.2, 0.25) is 0 Å². The molecule has 1 aromatic rings. The van der Waals surface area contributed by atoms with Crippen molar-refractivity contribution in [3.05, 3.63) is 35.9 Å². The molecule has 1 rings (SSSR count). The highest BCUT2D eigenvalue weighted by Crippen LogP contribution is 1.96. The van der Waals surface area contributed by atoms with E-state index < -0.39 is 5.97 Å². The summed E-state index contributed by atoms with van der Waals surface area (Å²) in [5, 5.41) is 0. The zero-order valence-electron chi connectivity index (χ0n) is 9.03. The lowest BCUT2D eigenvalue weighted by Crippen LogP contribution is -2.03. The summed E-state index contributed by atoms with van der Waals surface area (Å²) in [6, 6.07) is 9.22. The Bertz CT molecular complexity index is 423. The van der Waals surface area contributed by atoms with Crippen LogP contribution in [0.25, 0.3) is 0 Å². The first-order valence-electron chi connectivity index (χ1n) is 4.89. The highest BCUT2D eigenvalue weighted by molar-refractivity contribution is 5.97. The normalized spacial score (nSPS) is 8.81. The maximum Gasteiger partial charge on any atom is 0.305 e. The average Bonchev–Trinajstić information content (AvgIpc) is 2.34. The van der Waals surface area contributed by atoms with Crippen LogP contribution in [0.1, 0.15) is 18.4 Å². The molecule has 0 radical (unpaired) electrons. The van der Waals surface area contributed by atoms with E-state index in [-0.39, 0.29) is 18.6 Å². The van der Waals surface area contributed by atoms with E-state index in [2.05, 4.69) is 16.6 Å². The number of esters is 1. The largest absolute Gasteiger partial charge is 0.469 e. The first-order chi connectivity index (χ1) is 7.72. The van der Waals surface area contributed by atoms with Gasteiger partial charge in [-0.05, 0) is 18.1 Å². The monoisotopic (exact) mass is 216 g/mol. The third-order valence-electron chi connectivity index (χ3n) is 1.90. The Morgan fingerprint density at radius 3 is 2.50 bits per heavy atom. The molecule has 0 spiro atoms. The van der Waals surface area contributed by atoms with E-state index in [1.54, 1.807) is 0 Å². The molecule has 0 heterocycles. The van der Waals surface area contributed by atoms with E-state index in [1.165, 1.54) is 7.11 Å². The molecule has 0 atom stereocenters. The molecule has 0 aliphatic rings. The minimum absolute atomic E-state index is 0.0821. The van der Waals surface area contributed by atoms with Gasteiger partial charge in [0, 0.05) is 12.0 Å². The van der Waals surface area contributed by atoms with Gasteiger partial charge in [-0.2, -0.15) is 0 Å². The highest BCUT2D eigenvalue weighted by atomic mass is 16.5. The fourth-order valence-corrected chi connectivity index (χ4v) is 1.04. The fourth-order valence-electron chi connectivity index (χ4n) is 1.04. The van der Waals surface area contributed by atoms with Gasteiger partial charge in [0.05, 0.1) is 13.5 Å². The van der Waals surface area contributed by atoms with Crippen molar-refractivity contribution in [1.29, 1.82) is 0 Å². The van der Waals surface area contributed by atoms with Crippen molar-refractivity contribution >= 4 is 11.8 Å². The quantitative estimate of drug-likeness (QED) is 0.569. The van der Waals surface area contributed by atoms with Crippen molar-refractivity contribution in [3.8, 4) is 11.8 Å². The molecule has 0 N–H and O–H groups in total. The van der Waals surface area contributed by atoms with Crippen LogP contribution < -0.4 is 0 Å². The molecule has 0 saturated carbocycles. The maximum atomic E-state index is 11.3. The second kappa shape index (κ2) is 6.41. The van der Waals surface area contributed by atoms with Crippen LogP contribution in [0.4, 0.5) is 0 Å². The summed E-state index contributed by atoms with van der Waals surface area (Å²) < 4.78 is 4.42. The minimum atomic E-state index is -0.394. The van der Waals surface area contributed by atoms with Crippen LogP contribution in [0.5, 0.6) is 0 Å². The van der Waals surface area contributed by atoms with Crippen LogP contribution in [-0.2, 0) is 14.3 Å². The number of rotatable bonds is 3. The van der Waals surface area contributed by atoms with Crippen molar-refractivity contribution in [1.82, 2.24) is 0 Å². The van der Waals surface area contributed by atoms with Gasteiger partial charge in [-0.3, -0.25) is 9.59 Å². The molecule has 0 aliphatic heterocycles. The van der Waals surface area contributed by atoms with Gasteiger partial charge in [-0.15, -0.1) is 0 Å². The van der Waals surface area contributed by atoms with Crippen molar-refractivity contribution < 1.29 is 14.3 Å². The number of benzene rings is 1. The fraction of sp³-hybridized carbons (Fsp3) is 0.231. The number of methoxy groups -OCH3 is 1. The summed E-state index contributed by atoms with van der Waals surface area (Å²) in [5.41, 5.74) is 0.786. The number of ketones is 1. The van der Waals surface area contributed by atoms with Gasteiger partial charge in [0.1, 0.15) is 0 Å². The topological polar surface area (TPSA) is 43.4 Å². The third-order valence-corrected chi connectivity index (χ3v) is 1.90. The van der Waals surface area contributed by atoms with Crippen molar-refractivity contribution in [2.24, 2.45) is 0 Å². The lowest BCUT2D eigenvalue weighted by molar-refractivity contribution is -0.141. The van der Waals surface area contributed by atoms with Crippen molar-refractivity contribution in [2.75, 3.05) is 7.11 Å². The molecule has 82 valence electrons. The molecule has 3 nitrogen and oxygen atoms in total. The number of ether oxygens (including phenoxy) is 1. The predicted octanol–water partition coefficient (Wildman–Crippen LogP) is 1.56. The Hall–Kier alpha value is -2.08. The van der Waals surface area contributed by atoms with Crippen LogP contribution >= 0.6 is 0 Å².